The largest absolute Gasteiger partial charge is 0.493 e. The van der Waals surface area contributed by atoms with Crippen molar-refractivity contribution in [3.63, 3.8) is 0 Å². The van der Waals surface area contributed by atoms with Crippen molar-refractivity contribution in [1.82, 2.24) is 15.1 Å². The van der Waals surface area contributed by atoms with E-state index in [0.29, 0.717) is 5.92 Å². The molecule has 2 saturated heterocycles. The first-order chi connectivity index (χ1) is 14.6. The van der Waals surface area contributed by atoms with E-state index in [2.05, 4.69) is 60.2 Å². The zero-order chi connectivity index (χ0) is 21.2. The van der Waals surface area contributed by atoms with Crippen LogP contribution in [0.15, 0.2) is 29.3 Å². The highest BCUT2D eigenvalue weighted by Crippen LogP contribution is 2.18. The molecule has 6 heteroatoms. The summed E-state index contributed by atoms with van der Waals surface area (Å²) in [6, 6.07) is 8.46. The van der Waals surface area contributed by atoms with Crippen molar-refractivity contribution in [3.05, 3.63) is 29.8 Å². The molecule has 1 unspecified atom stereocenters. The van der Waals surface area contributed by atoms with Gasteiger partial charge < -0.3 is 19.7 Å². The number of ether oxygens (including phenoxy) is 2. The zero-order valence-electron chi connectivity index (χ0n) is 19.1. The SMILES string of the molecule is CCNC(=NCCc1ccc(OCC(C)C)cc1)N1CCC(CN2CCOCC2)C1. The second-order valence-corrected chi connectivity index (χ2v) is 8.85. The third-order valence-electron chi connectivity index (χ3n) is 5.71. The molecule has 0 radical (unpaired) electrons. The van der Waals surface area contributed by atoms with Crippen molar-refractivity contribution in [1.29, 1.82) is 0 Å². The minimum Gasteiger partial charge on any atom is -0.493 e. The van der Waals surface area contributed by atoms with E-state index in [1.165, 1.54) is 18.5 Å². The van der Waals surface area contributed by atoms with E-state index < -0.39 is 0 Å². The Bertz CT molecular complexity index is 641. The van der Waals surface area contributed by atoms with Gasteiger partial charge in [-0.3, -0.25) is 9.89 Å². The van der Waals surface area contributed by atoms with Crippen LogP contribution in [0.25, 0.3) is 0 Å². The van der Waals surface area contributed by atoms with Gasteiger partial charge in [0.05, 0.1) is 19.8 Å². The summed E-state index contributed by atoms with van der Waals surface area (Å²) in [5.41, 5.74) is 1.30. The standard InChI is InChI=1S/C24H40N4O2/c1-4-25-24(28-12-10-22(18-28)17-27-13-15-29-16-14-27)26-11-9-21-5-7-23(8-6-21)30-19-20(2)3/h5-8,20,22H,4,9-19H2,1-3H3,(H,25,26). The first kappa shape index (κ1) is 22.9. The van der Waals surface area contributed by atoms with Gasteiger partial charge in [-0.2, -0.15) is 0 Å². The van der Waals surface area contributed by atoms with Gasteiger partial charge in [-0.05, 0) is 49.3 Å². The van der Waals surface area contributed by atoms with Crippen molar-refractivity contribution in [2.24, 2.45) is 16.8 Å². The summed E-state index contributed by atoms with van der Waals surface area (Å²) in [4.78, 5) is 9.91. The van der Waals surface area contributed by atoms with Gasteiger partial charge in [-0.15, -0.1) is 0 Å². The maximum Gasteiger partial charge on any atom is 0.193 e. The number of guanidine groups is 1. The molecule has 0 amide bonds. The van der Waals surface area contributed by atoms with Gasteiger partial charge in [0.15, 0.2) is 5.96 Å². The second kappa shape index (κ2) is 12.2. The van der Waals surface area contributed by atoms with Crippen LogP contribution < -0.4 is 10.1 Å². The molecule has 0 aromatic heterocycles. The number of nitrogens with zero attached hydrogens (tertiary/aromatic N) is 3. The van der Waals surface area contributed by atoms with Crippen molar-refractivity contribution < 1.29 is 9.47 Å². The van der Waals surface area contributed by atoms with Gasteiger partial charge in [0, 0.05) is 45.8 Å². The lowest BCUT2D eigenvalue weighted by atomic mass is 10.1. The number of benzene rings is 1. The monoisotopic (exact) mass is 416 g/mol. The molecule has 0 spiro atoms. The Hall–Kier alpha value is -1.79. The average molecular weight is 417 g/mol. The maximum atomic E-state index is 5.77. The van der Waals surface area contributed by atoms with Crippen molar-refractivity contribution in [3.8, 4) is 5.75 Å². The summed E-state index contributed by atoms with van der Waals surface area (Å²) >= 11 is 0. The molecular formula is C24H40N4O2. The summed E-state index contributed by atoms with van der Waals surface area (Å²) in [6.45, 7) is 16.3. The summed E-state index contributed by atoms with van der Waals surface area (Å²) in [6.07, 6.45) is 2.20. The Morgan fingerprint density at radius 2 is 1.97 bits per heavy atom. The Labute approximate surface area is 182 Å². The lowest BCUT2D eigenvalue weighted by Gasteiger charge is -2.29. The molecule has 1 N–H and O–H groups in total. The number of morpholine rings is 1. The summed E-state index contributed by atoms with van der Waals surface area (Å²) < 4.78 is 11.3. The molecule has 0 saturated carbocycles. The number of nitrogens with one attached hydrogen (secondary N) is 1. The molecule has 6 nitrogen and oxygen atoms in total. The molecule has 3 rings (SSSR count). The minimum absolute atomic E-state index is 0.544. The summed E-state index contributed by atoms with van der Waals surface area (Å²) in [7, 11) is 0. The van der Waals surface area contributed by atoms with E-state index in [1.54, 1.807) is 0 Å². The molecule has 1 aromatic rings. The number of hydrogen-bond acceptors (Lipinski definition) is 4. The molecule has 2 aliphatic rings. The predicted molar refractivity (Wildman–Crippen MR) is 123 cm³/mol. The van der Waals surface area contributed by atoms with E-state index >= 15 is 0 Å². The Balaban J connectivity index is 1.46. The van der Waals surface area contributed by atoms with Gasteiger partial charge in [0.25, 0.3) is 0 Å². The van der Waals surface area contributed by atoms with E-state index in [4.69, 9.17) is 14.5 Å². The summed E-state index contributed by atoms with van der Waals surface area (Å²) in [5.74, 6) is 3.29. The Morgan fingerprint density at radius 3 is 2.67 bits per heavy atom. The molecular weight excluding hydrogens is 376 g/mol. The molecule has 168 valence electrons. The van der Waals surface area contributed by atoms with Crippen molar-refractivity contribution >= 4 is 5.96 Å². The van der Waals surface area contributed by atoms with Crippen LogP contribution in [0, 0.1) is 11.8 Å². The van der Waals surface area contributed by atoms with E-state index in [9.17, 15) is 0 Å². The van der Waals surface area contributed by atoms with Gasteiger partial charge in [0.1, 0.15) is 5.75 Å². The lowest BCUT2D eigenvalue weighted by molar-refractivity contribution is 0.0315. The fourth-order valence-electron chi connectivity index (χ4n) is 4.05. The molecule has 0 bridgehead atoms. The van der Waals surface area contributed by atoms with Gasteiger partial charge in [-0.25, -0.2) is 0 Å². The smallest absolute Gasteiger partial charge is 0.193 e. The van der Waals surface area contributed by atoms with Crippen LogP contribution in [0.5, 0.6) is 5.75 Å². The molecule has 2 aliphatic heterocycles. The molecule has 1 atom stereocenters. The highest BCUT2D eigenvalue weighted by atomic mass is 16.5. The molecule has 2 heterocycles. The number of likely N-dealkylation sites (tertiary alicyclic amines) is 1. The third kappa shape index (κ3) is 7.47. The Morgan fingerprint density at radius 1 is 1.20 bits per heavy atom. The van der Waals surface area contributed by atoms with Crippen LogP contribution in [0.3, 0.4) is 0 Å². The fourth-order valence-corrected chi connectivity index (χ4v) is 4.05. The predicted octanol–water partition coefficient (Wildman–Crippen LogP) is 2.88. The number of hydrogen-bond donors (Lipinski definition) is 1. The zero-order valence-corrected chi connectivity index (χ0v) is 19.1. The van der Waals surface area contributed by atoms with Crippen molar-refractivity contribution in [2.45, 2.75) is 33.6 Å². The van der Waals surface area contributed by atoms with Crippen LogP contribution in [0.2, 0.25) is 0 Å². The molecule has 30 heavy (non-hydrogen) atoms. The number of rotatable bonds is 9. The lowest BCUT2D eigenvalue weighted by Crippen LogP contribution is -2.42. The van der Waals surface area contributed by atoms with Crippen LogP contribution in [-0.2, 0) is 11.2 Å². The molecule has 2 fully saturated rings. The average Bonchev–Trinajstić information content (AvgIpc) is 3.21. The highest BCUT2D eigenvalue weighted by molar-refractivity contribution is 5.80. The van der Waals surface area contributed by atoms with Crippen molar-refractivity contribution in [2.75, 3.05) is 65.6 Å². The van der Waals surface area contributed by atoms with Gasteiger partial charge >= 0.3 is 0 Å². The maximum absolute atomic E-state index is 5.77. The number of aliphatic imine (C=N–C) groups is 1. The minimum atomic E-state index is 0.544. The van der Waals surface area contributed by atoms with E-state index in [-0.39, 0.29) is 0 Å². The van der Waals surface area contributed by atoms with Gasteiger partial charge in [0.2, 0.25) is 0 Å². The van der Waals surface area contributed by atoms with Crippen LogP contribution >= 0.6 is 0 Å². The third-order valence-corrected chi connectivity index (χ3v) is 5.71. The summed E-state index contributed by atoms with van der Waals surface area (Å²) in [5, 5.41) is 3.49. The van der Waals surface area contributed by atoms with E-state index in [0.717, 1.165) is 83.1 Å². The van der Waals surface area contributed by atoms with E-state index in [1.807, 2.05) is 0 Å². The fraction of sp³-hybridized carbons (Fsp3) is 0.708. The first-order valence-corrected chi connectivity index (χ1v) is 11.7. The van der Waals surface area contributed by atoms with Crippen LogP contribution in [0.1, 0.15) is 32.8 Å². The quantitative estimate of drug-likeness (QED) is 0.496. The van der Waals surface area contributed by atoms with Gasteiger partial charge in [-0.1, -0.05) is 26.0 Å². The first-order valence-electron chi connectivity index (χ1n) is 11.7. The van der Waals surface area contributed by atoms with Crippen LogP contribution in [0.4, 0.5) is 0 Å². The molecule has 0 aliphatic carbocycles. The second-order valence-electron chi connectivity index (χ2n) is 8.85. The molecule has 1 aromatic carbocycles. The van der Waals surface area contributed by atoms with Crippen LogP contribution in [-0.4, -0.2) is 81.4 Å². The highest BCUT2D eigenvalue weighted by Gasteiger charge is 2.27. The normalized spacial score (nSPS) is 20.7. The Kier molecular flexibility index (Phi) is 9.27. The topological polar surface area (TPSA) is 49.3 Å².